The van der Waals surface area contributed by atoms with Crippen molar-refractivity contribution < 1.29 is 14.3 Å². The zero-order chi connectivity index (χ0) is 15.2. The van der Waals surface area contributed by atoms with E-state index in [2.05, 4.69) is 10.2 Å². The SMILES string of the molecule is CCOC(=O)N1CCCN(CC(=O)NC(C)(C)C)CC1. The number of amides is 2. The van der Waals surface area contributed by atoms with Gasteiger partial charge in [0.15, 0.2) is 0 Å². The van der Waals surface area contributed by atoms with Crippen LogP contribution in [0.3, 0.4) is 0 Å². The fourth-order valence-electron chi connectivity index (χ4n) is 2.19. The van der Waals surface area contributed by atoms with Gasteiger partial charge < -0.3 is 15.0 Å². The number of ether oxygens (including phenoxy) is 1. The van der Waals surface area contributed by atoms with Crippen molar-refractivity contribution in [3.8, 4) is 0 Å². The predicted octanol–water partition coefficient (Wildman–Crippen LogP) is 1.07. The molecular weight excluding hydrogens is 258 g/mol. The van der Waals surface area contributed by atoms with Crippen molar-refractivity contribution in [3.63, 3.8) is 0 Å². The molecule has 0 aromatic carbocycles. The molecule has 0 saturated carbocycles. The van der Waals surface area contributed by atoms with Crippen LogP contribution in [0.25, 0.3) is 0 Å². The Bertz CT molecular complexity index is 339. The van der Waals surface area contributed by atoms with E-state index in [1.54, 1.807) is 11.8 Å². The Kier molecular flexibility index (Phi) is 6.26. The van der Waals surface area contributed by atoms with E-state index >= 15 is 0 Å². The third-order valence-corrected chi connectivity index (χ3v) is 3.00. The lowest BCUT2D eigenvalue weighted by molar-refractivity contribution is -0.123. The fourth-order valence-corrected chi connectivity index (χ4v) is 2.19. The van der Waals surface area contributed by atoms with E-state index in [9.17, 15) is 9.59 Å². The zero-order valence-corrected chi connectivity index (χ0v) is 13.1. The third-order valence-electron chi connectivity index (χ3n) is 3.00. The first-order valence-electron chi connectivity index (χ1n) is 7.27. The normalized spacial score (nSPS) is 17.5. The second-order valence-electron chi connectivity index (χ2n) is 6.11. The monoisotopic (exact) mass is 285 g/mol. The Labute approximate surface area is 121 Å². The Balaban J connectivity index is 2.40. The number of hydrogen-bond donors (Lipinski definition) is 1. The van der Waals surface area contributed by atoms with E-state index in [1.165, 1.54) is 0 Å². The van der Waals surface area contributed by atoms with Crippen LogP contribution in [-0.4, -0.2) is 66.7 Å². The minimum absolute atomic E-state index is 0.0297. The van der Waals surface area contributed by atoms with Crippen molar-refractivity contribution in [2.75, 3.05) is 39.3 Å². The van der Waals surface area contributed by atoms with Crippen LogP contribution in [0.15, 0.2) is 0 Å². The largest absolute Gasteiger partial charge is 0.450 e. The molecular formula is C14H27N3O3. The summed E-state index contributed by atoms with van der Waals surface area (Å²) >= 11 is 0. The van der Waals surface area contributed by atoms with E-state index in [0.29, 0.717) is 32.8 Å². The molecule has 0 atom stereocenters. The van der Waals surface area contributed by atoms with Crippen LogP contribution in [0.1, 0.15) is 34.1 Å². The topological polar surface area (TPSA) is 61.9 Å². The first-order chi connectivity index (χ1) is 9.31. The minimum Gasteiger partial charge on any atom is -0.450 e. The highest BCUT2D eigenvalue weighted by molar-refractivity contribution is 5.78. The van der Waals surface area contributed by atoms with Crippen LogP contribution >= 0.6 is 0 Å². The molecule has 1 N–H and O–H groups in total. The molecule has 1 rings (SSSR count). The van der Waals surface area contributed by atoms with Gasteiger partial charge in [0.2, 0.25) is 5.91 Å². The highest BCUT2D eigenvalue weighted by Gasteiger charge is 2.22. The molecule has 1 heterocycles. The molecule has 0 spiro atoms. The molecule has 2 amide bonds. The Hall–Kier alpha value is -1.30. The Morgan fingerprint density at radius 3 is 2.45 bits per heavy atom. The molecule has 20 heavy (non-hydrogen) atoms. The van der Waals surface area contributed by atoms with Gasteiger partial charge >= 0.3 is 6.09 Å². The van der Waals surface area contributed by atoms with E-state index in [-0.39, 0.29) is 17.5 Å². The van der Waals surface area contributed by atoms with E-state index in [4.69, 9.17) is 4.74 Å². The summed E-state index contributed by atoms with van der Waals surface area (Å²) in [5, 5.41) is 2.96. The van der Waals surface area contributed by atoms with Crippen molar-refractivity contribution in [2.24, 2.45) is 0 Å². The van der Waals surface area contributed by atoms with Crippen LogP contribution in [0.4, 0.5) is 4.79 Å². The summed E-state index contributed by atoms with van der Waals surface area (Å²) in [5.74, 6) is 0.0297. The summed E-state index contributed by atoms with van der Waals surface area (Å²) in [6, 6.07) is 0. The summed E-state index contributed by atoms with van der Waals surface area (Å²) in [5.41, 5.74) is -0.208. The molecule has 1 fully saturated rings. The lowest BCUT2D eigenvalue weighted by atomic mass is 10.1. The predicted molar refractivity (Wildman–Crippen MR) is 77.5 cm³/mol. The molecule has 0 aromatic rings. The smallest absolute Gasteiger partial charge is 0.409 e. The summed E-state index contributed by atoms with van der Waals surface area (Å²) in [6.07, 6.45) is 0.607. The molecule has 0 aliphatic carbocycles. The van der Waals surface area contributed by atoms with E-state index in [0.717, 1.165) is 13.0 Å². The van der Waals surface area contributed by atoms with Crippen LogP contribution in [0.5, 0.6) is 0 Å². The van der Waals surface area contributed by atoms with Gasteiger partial charge in [0.25, 0.3) is 0 Å². The highest BCUT2D eigenvalue weighted by atomic mass is 16.6. The maximum atomic E-state index is 11.9. The molecule has 0 radical (unpaired) electrons. The number of nitrogens with zero attached hydrogens (tertiary/aromatic N) is 2. The third kappa shape index (κ3) is 6.23. The van der Waals surface area contributed by atoms with Gasteiger partial charge in [0, 0.05) is 31.7 Å². The lowest BCUT2D eigenvalue weighted by Gasteiger charge is -2.24. The first kappa shape index (κ1) is 16.8. The Morgan fingerprint density at radius 1 is 1.15 bits per heavy atom. The van der Waals surface area contributed by atoms with E-state index in [1.807, 2.05) is 20.8 Å². The standard InChI is InChI=1S/C14H27N3O3/c1-5-20-13(19)17-8-6-7-16(9-10-17)11-12(18)15-14(2,3)4/h5-11H2,1-4H3,(H,15,18). The molecule has 116 valence electrons. The highest BCUT2D eigenvalue weighted by Crippen LogP contribution is 2.05. The average Bonchev–Trinajstić information content (AvgIpc) is 2.52. The minimum atomic E-state index is -0.256. The summed E-state index contributed by atoms with van der Waals surface area (Å²) in [7, 11) is 0. The first-order valence-corrected chi connectivity index (χ1v) is 7.27. The van der Waals surface area contributed by atoms with Crippen LogP contribution in [0, 0.1) is 0 Å². The number of carbonyl (C=O) groups is 2. The molecule has 0 aromatic heterocycles. The maximum Gasteiger partial charge on any atom is 0.409 e. The molecule has 1 aliphatic heterocycles. The van der Waals surface area contributed by atoms with Crippen LogP contribution in [0.2, 0.25) is 0 Å². The van der Waals surface area contributed by atoms with Gasteiger partial charge in [-0.3, -0.25) is 9.69 Å². The van der Waals surface area contributed by atoms with Gasteiger partial charge in [-0.25, -0.2) is 4.79 Å². The van der Waals surface area contributed by atoms with Crippen LogP contribution in [-0.2, 0) is 9.53 Å². The van der Waals surface area contributed by atoms with Gasteiger partial charge in [0.1, 0.15) is 0 Å². The molecule has 0 unspecified atom stereocenters. The molecule has 6 nitrogen and oxygen atoms in total. The van der Waals surface area contributed by atoms with Gasteiger partial charge in [-0.15, -0.1) is 0 Å². The summed E-state index contributed by atoms with van der Waals surface area (Å²) in [4.78, 5) is 27.4. The second-order valence-corrected chi connectivity index (χ2v) is 6.11. The van der Waals surface area contributed by atoms with E-state index < -0.39 is 0 Å². The molecule has 1 aliphatic rings. The fraction of sp³-hybridized carbons (Fsp3) is 0.857. The summed E-state index contributed by atoms with van der Waals surface area (Å²) in [6.45, 7) is 11.3. The van der Waals surface area contributed by atoms with Gasteiger partial charge in [-0.2, -0.15) is 0 Å². The van der Waals surface area contributed by atoms with Crippen molar-refractivity contribution >= 4 is 12.0 Å². The van der Waals surface area contributed by atoms with Gasteiger partial charge in [0.05, 0.1) is 13.2 Å². The van der Waals surface area contributed by atoms with Crippen molar-refractivity contribution in [1.29, 1.82) is 0 Å². The van der Waals surface area contributed by atoms with Crippen molar-refractivity contribution in [1.82, 2.24) is 15.1 Å². The second kappa shape index (κ2) is 7.47. The zero-order valence-electron chi connectivity index (χ0n) is 13.1. The van der Waals surface area contributed by atoms with Gasteiger partial charge in [-0.05, 0) is 34.1 Å². The van der Waals surface area contributed by atoms with Gasteiger partial charge in [-0.1, -0.05) is 0 Å². The Morgan fingerprint density at radius 2 is 1.85 bits per heavy atom. The average molecular weight is 285 g/mol. The number of hydrogen-bond acceptors (Lipinski definition) is 4. The number of nitrogens with one attached hydrogen (secondary N) is 1. The number of rotatable bonds is 3. The number of carbonyl (C=O) groups excluding carboxylic acids is 2. The molecule has 0 bridgehead atoms. The molecule has 6 heteroatoms. The van der Waals surface area contributed by atoms with Crippen LogP contribution < -0.4 is 5.32 Å². The lowest BCUT2D eigenvalue weighted by Crippen LogP contribution is -2.46. The van der Waals surface area contributed by atoms with Crippen molar-refractivity contribution in [2.45, 2.75) is 39.7 Å². The quantitative estimate of drug-likeness (QED) is 0.842. The maximum absolute atomic E-state index is 11.9. The van der Waals surface area contributed by atoms with Crippen molar-refractivity contribution in [3.05, 3.63) is 0 Å². The summed E-state index contributed by atoms with van der Waals surface area (Å²) < 4.78 is 5.01. The molecule has 1 saturated heterocycles.